The van der Waals surface area contributed by atoms with Crippen LogP contribution in [0.5, 0.6) is 5.75 Å². The fourth-order valence-corrected chi connectivity index (χ4v) is 5.52. The van der Waals surface area contributed by atoms with Crippen LogP contribution in [0.4, 0.5) is 5.82 Å². The summed E-state index contributed by atoms with van der Waals surface area (Å²) < 4.78 is 8.95. The molecule has 0 saturated heterocycles. The predicted molar refractivity (Wildman–Crippen MR) is 139 cm³/mol. The normalized spacial score (nSPS) is 15.1. The van der Waals surface area contributed by atoms with Gasteiger partial charge in [-0.3, -0.25) is 4.79 Å². The third-order valence-corrected chi connectivity index (χ3v) is 7.36. The molecule has 3 aromatic carbocycles. The number of nitrogens with one attached hydrogen (secondary N) is 1. The molecule has 1 aliphatic rings. The standard InChI is InChI=1S/C28H24N4O2S/c1-17-10-12-19(13-11-17)16-34-21-7-5-6-20(14-21)22-15-25(33)30-27-26(22)18(2)31-32(27)28-29-23-8-3-4-9-24(23)35-28/h3-14,22H,15-16H2,1-2H3,(H,30,33). The van der Waals surface area contributed by atoms with Gasteiger partial charge in [0.15, 0.2) is 0 Å². The van der Waals surface area contributed by atoms with Crippen LogP contribution in [0.3, 0.4) is 0 Å². The number of nitrogens with zero attached hydrogens (tertiary/aromatic N) is 3. The molecule has 1 atom stereocenters. The van der Waals surface area contributed by atoms with Crippen molar-refractivity contribution in [3.05, 3.63) is 101 Å². The van der Waals surface area contributed by atoms with Crippen LogP contribution in [0.1, 0.15) is 40.3 Å². The second-order valence-electron chi connectivity index (χ2n) is 8.88. The number of aryl methyl sites for hydroxylation is 2. The summed E-state index contributed by atoms with van der Waals surface area (Å²) in [6.07, 6.45) is 0.362. The van der Waals surface area contributed by atoms with E-state index in [9.17, 15) is 4.79 Å². The zero-order chi connectivity index (χ0) is 23.9. The fourth-order valence-electron chi connectivity index (χ4n) is 4.59. The van der Waals surface area contributed by atoms with E-state index in [0.717, 1.165) is 43.5 Å². The molecule has 1 unspecified atom stereocenters. The maximum absolute atomic E-state index is 12.8. The van der Waals surface area contributed by atoms with Gasteiger partial charge in [0.1, 0.15) is 18.2 Å². The van der Waals surface area contributed by atoms with Gasteiger partial charge in [-0.1, -0.05) is 65.4 Å². The Kier molecular flexibility index (Phi) is 5.34. The Bertz CT molecular complexity index is 1520. The first-order chi connectivity index (χ1) is 17.0. The molecule has 1 N–H and O–H groups in total. The van der Waals surface area contributed by atoms with Crippen molar-refractivity contribution in [2.75, 3.05) is 5.32 Å². The highest BCUT2D eigenvalue weighted by molar-refractivity contribution is 7.20. The topological polar surface area (TPSA) is 69.0 Å². The number of ether oxygens (including phenoxy) is 1. The summed E-state index contributed by atoms with van der Waals surface area (Å²) in [4.78, 5) is 17.5. The van der Waals surface area contributed by atoms with Crippen LogP contribution in [-0.4, -0.2) is 20.7 Å². The number of rotatable bonds is 5. The average Bonchev–Trinajstić information content (AvgIpc) is 3.44. The molecule has 7 heteroatoms. The van der Waals surface area contributed by atoms with Gasteiger partial charge in [-0.05, 0) is 49.2 Å². The number of carbonyl (C=O) groups excluding carboxylic acids is 1. The number of benzene rings is 3. The highest BCUT2D eigenvalue weighted by Gasteiger charge is 2.33. The molecule has 5 aromatic rings. The monoisotopic (exact) mass is 480 g/mol. The smallest absolute Gasteiger partial charge is 0.226 e. The lowest BCUT2D eigenvalue weighted by atomic mass is 9.86. The maximum Gasteiger partial charge on any atom is 0.226 e. The first-order valence-electron chi connectivity index (χ1n) is 11.6. The molecule has 0 bridgehead atoms. The van der Waals surface area contributed by atoms with E-state index in [1.807, 2.05) is 49.4 Å². The number of hydrogen-bond donors (Lipinski definition) is 1. The number of fused-ring (bicyclic) bond motifs is 2. The quantitative estimate of drug-likeness (QED) is 0.327. The van der Waals surface area contributed by atoms with Crippen molar-refractivity contribution < 1.29 is 9.53 Å². The minimum absolute atomic E-state index is 0.0317. The Balaban J connectivity index is 1.34. The minimum Gasteiger partial charge on any atom is -0.489 e. The molecule has 0 radical (unpaired) electrons. The van der Waals surface area contributed by atoms with Crippen molar-refractivity contribution in [2.24, 2.45) is 0 Å². The van der Waals surface area contributed by atoms with E-state index in [1.54, 1.807) is 16.0 Å². The number of aromatic nitrogens is 3. The van der Waals surface area contributed by atoms with Gasteiger partial charge in [-0.2, -0.15) is 9.78 Å². The van der Waals surface area contributed by atoms with E-state index in [1.165, 1.54) is 5.56 Å². The van der Waals surface area contributed by atoms with Gasteiger partial charge in [0.25, 0.3) is 0 Å². The zero-order valence-corrected chi connectivity index (χ0v) is 20.3. The molecule has 3 heterocycles. The summed E-state index contributed by atoms with van der Waals surface area (Å²) in [5, 5.41) is 8.59. The molecule has 6 nitrogen and oxygen atoms in total. The number of carbonyl (C=O) groups is 1. The largest absolute Gasteiger partial charge is 0.489 e. The molecule has 1 aliphatic heterocycles. The summed E-state index contributed by atoms with van der Waals surface area (Å²) in [5.41, 5.74) is 6.22. The second kappa shape index (κ2) is 8.67. The van der Waals surface area contributed by atoms with Gasteiger partial charge in [0.05, 0.1) is 15.9 Å². The summed E-state index contributed by atoms with van der Waals surface area (Å²) in [6.45, 7) is 4.56. The molecule has 1 amide bonds. The minimum atomic E-state index is -0.107. The van der Waals surface area contributed by atoms with Crippen LogP contribution in [0.2, 0.25) is 0 Å². The Morgan fingerprint density at radius 1 is 1.06 bits per heavy atom. The Morgan fingerprint density at radius 2 is 1.89 bits per heavy atom. The second-order valence-corrected chi connectivity index (χ2v) is 9.88. The molecule has 35 heavy (non-hydrogen) atoms. The van der Waals surface area contributed by atoms with E-state index >= 15 is 0 Å². The SMILES string of the molecule is Cc1ccc(COc2cccc(C3CC(=O)Nc4c3c(C)nn4-c3nc4ccccc4s3)c2)cc1. The number of thiazole rings is 1. The van der Waals surface area contributed by atoms with E-state index in [2.05, 4.69) is 42.6 Å². The Morgan fingerprint density at radius 3 is 2.71 bits per heavy atom. The maximum atomic E-state index is 12.8. The predicted octanol–water partition coefficient (Wildman–Crippen LogP) is 6.15. The van der Waals surface area contributed by atoms with Crippen LogP contribution in [-0.2, 0) is 11.4 Å². The van der Waals surface area contributed by atoms with Gasteiger partial charge >= 0.3 is 0 Å². The molecular formula is C28H24N4O2S. The summed E-state index contributed by atoms with van der Waals surface area (Å²) in [5.74, 6) is 1.35. The van der Waals surface area contributed by atoms with Crippen molar-refractivity contribution in [1.29, 1.82) is 0 Å². The highest BCUT2D eigenvalue weighted by Crippen LogP contribution is 2.41. The summed E-state index contributed by atoms with van der Waals surface area (Å²) in [6, 6.07) is 24.4. The van der Waals surface area contributed by atoms with Gasteiger partial charge in [-0.15, -0.1) is 0 Å². The summed E-state index contributed by atoms with van der Waals surface area (Å²) >= 11 is 1.56. The van der Waals surface area contributed by atoms with Gasteiger partial charge in [-0.25, -0.2) is 4.98 Å². The summed E-state index contributed by atoms with van der Waals surface area (Å²) in [7, 11) is 0. The van der Waals surface area contributed by atoms with Crippen LogP contribution in [0.15, 0.2) is 72.8 Å². The van der Waals surface area contributed by atoms with Crippen molar-refractivity contribution in [3.63, 3.8) is 0 Å². The number of para-hydroxylation sites is 1. The van der Waals surface area contributed by atoms with Crippen LogP contribution < -0.4 is 10.1 Å². The molecule has 0 saturated carbocycles. The molecule has 0 fully saturated rings. The lowest BCUT2D eigenvalue weighted by Gasteiger charge is -2.24. The van der Waals surface area contributed by atoms with E-state index in [4.69, 9.17) is 14.8 Å². The molecule has 2 aromatic heterocycles. The molecule has 0 aliphatic carbocycles. The van der Waals surface area contributed by atoms with Crippen LogP contribution in [0.25, 0.3) is 15.3 Å². The molecule has 6 rings (SSSR count). The highest BCUT2D eigenvalue weighted by atomic mass is 32.1. The van der Waals surface area contributed by atoms with Crippen LogP contribution >= 0.6 is 11.3 Å². The van der Waals surface area contributed by atoms with Crippen molar-refractivity contribution in [2.45, 2.75) is 32.8 Å². The van der Waals surface area contributed by atoms with Crippen molar-refractivity contribution in [3.8, 4) is 10.9 Å². The third kappa shape index (κ3) is 4.08. The van der Waals surface area contributed by atoms with Crippen LogP contribution in [0, 0.1) is 13.8 Å². The third-order valence-electron chi connectivity index (χ3n) is 6.35. The average molecular weight is 481 g/mol. The molecular weight excluding hydrogens is 456 g/mol. The Labute approximate surface area is 207 Å². The van der Waals surface area contributed by atoms with Gasteiger partial charge < -0.3 is 10.1 Å². The number of hydrogen-bond acceptors (Lipinski definition) is 5. The zero-order valence-electron chi connectivity index (χ0n) is 19.5. The van der Waals surface area contributed by atoms with E-state index < -0.39 is 0 Å². The lowest BCUT2D eigenvalue weighted by Crippen LogP contribution is -2.25. The molecule has 174 valence electrons. The first kappa shape index (κ1) is 21.6. The van der Waals surface area contributed by atoms with E-state index in [-0.39, 0.29) is 11.8 Å². The van der Waals surface area contributed by atoms with Gasteiger partial charge in [0, 0.05) is 17.9 Å². The lowest BCUT2D eigenvalue weighted by molar-refractivity contribution is -0.116. The van der Waals surface area contributed by atoms with E-state index in [0.29, 0.717) is 18.8 Å². The first-order valence-corrected chi connectivity index (χ1v) is 12.4. The van der Waals surface area contributed by atoms with Crippen molar-refractivity contribution in [1.82, 2.24) is 14.8 Å². The van der Waals surface area contributed by atoms with Gasteiger partial charge in [0.2, 0.25) is 11.0 Å². The fraction of sp³-hybridized carbons (Fsp3) is 0.179. The Hall–Kier alpha value is -3.97. The number of amides is 1. The number of anilines is 1. The van der Waals surface area contributed by atoms with Crippen molar-refractivity contribution >= 4 is 33.3 Å². The molecule has 0 spiro atoms.